The molecule has 0 saturated carbocycles. The van der Waals surface area contributed by atoms with Gasteiger partial charge in [-0.05, 0) is 55.7 Å². The average Bonchev–Trinajstić information content (AvgIpc) is 2.72. The predicted octanol–water partition coefficient (Wildman–Crippen LogP) is 3.04. The minimum absolute atomic E-state index is 0.103. The Morgan fingerprint density at radius 3 is 2.06 bits per heavy atom. The van der Waals surface area contributed by atoms with E-state index < -0.39 is 11.8 Å². The van der Waals surface area contributed by atoms with Crippen molar-refractivity contribution in [3.05, 3.63) is 52.1 Å². The van der Waals surface area contributed by atoms with Crippen LogP contribution in [-0.2, 0) is 9.59 Å². The zero-order valence-electron chi connectivity index (χ0n) is 18.2. The number of anilines is 1. The van der Waals surface area contributed by atoms with Gasteiger partial charge >= 0.3 is 0 Å². The molecule has 2 amide bonds. The number of aryl methyl sites for hydroxylation is 3. The van der Waals surface area contributed by atoms with Crippen molar-refractivity contribution in [1.82, 2.24) is 0 Å². The van der Waals surface area contributed by atoms with Gasteiger partial charge in [-0.1, -0.05) is 17.7 Å². The Balaban J connectivity index is 2.40. The molecule has 0 spiro atoms. The first kappa shape index (κ1) is 23.3. The molecule has 0 radical (unpaired) electrons. The van der Waals surface area contributed by atoms with Crippen LogP contribution >= 0.6 is 0 Å². The number of methoxy groups -OCH3 is 2. The lowest BCUT2D eigenvalue weighted by atomic mass is 10.0. The number of carbonyl (C=O) groups is 2. The topological polar surface area (TPSA) is 124 Å². The first-order valence-electron chi connectivity index (χ1n) is 9.38. The van der Waals surface area contributed by atoms with Crippen LogP contribution in [0.4, 0.5) is 5.69 Å². The van der Waals surface area contributed by atoms with Crippen molar-refractivity contribution in [3.63, 3.8) is 0 Å². The number of hydrogen-bond acceptors (Lipinski definition) is 6. The molecule has 0 atom stereocenters. The van der Waals surface area contributed by atoms with Gasteiger partial charge in [-0.3, -0.25) is 9.59 Å². The Morgan fingerprint density at radius 1 is 1.06 bits per heavy atom. The fraction of sp³-hybridized carbons (Fsp3) is 0.261. The number of nitriles is 1. The highest BCUT2D eigenvalue weighted by molar-refractivity contribution is 6.10. The summed E-state index contributed by atoms with van der Waals surface area (Å²) in [6.07, 6.45) is 1.41. The molecule has 8 heteroatoms. The molecule has 0 aliphatic carbocycles. The molecule has 31 heavy (non-hydrogen) atoms. The molecule has 2 aromatic carbocycles. The highest BCUT2D eigenvalue weighted by Crippen LogP contribution is 2.39. The van der Waals surface area contributed by atoms with Crippen molar-refractivity contribution in [2.45, 2.75) is 20.8 Å². The lowest BCUT2D eigenvalue weighted by molar-refractivity contribution is -0.120. The van der Waals surface area contributed by atoms with E-state index in [1.54, 1.807) is 12.1 Å². The third-order valence-electron chi connectivity index (χ3n) is 4.43. The van der Waals surface area contributed by atoms with Gasteiger partial charge in [0.25, 0.3) is 11.8 Å². The Kier molecular flexibility index (Phi) is 7.64. The van der Waals surface area contributed by atoms with E-state index in [9.17, 15) is 14.9 Å². The molecule has 0 fully saturated rings. The molecule has 162 valence electrons. The number of benzene rings is 2. The maximum Gasteiger partial charge on any atom is 0.266 e. The van der Waals surface area contributed by atoms with Gasteiger partial charge in [0.1, 0.15) is 11.6 Å². The van der Waals surface area contributed by atoms with Crippen LogP contribution < -0.4 is 25.3 Å². The number of rotatable bonds is 8. The van der Waals surface area contributed by atoms with E-state index in [0.717, 1.165) is 16.7 Å². The molecule has 0 heterocycles. The smallest absolute Gasteiger partial charge is 0.266 e. The molecular formula is C23H25N3O5. The van der Waals surface area contributed by atoms with Crippen molar-refractivity contribution in [3.8, 4) is 23.3 Å². The Labute approximate surface area is 181 Å². The van der Waals surface area contributed by atoms with E-state index in [1.807, 2.05) is 39.0 Å². The number of ether oxygens (including phenoxy) is 3. The van der Waals surface area contributed by atoms with Gasteiger partial charge in [-0.15, -0.1) is 0 Å². The predicted molar refractivity (Wildman–Crippen MR) is 117 cm³/mol. The summed E-state index contributed by atoms with van der Waals surface area (Å²) >= 11 is 0. The molecule has 0 saturated heterocycles. The van der Waals surface area contributed by atoms with Crippen LogP contribution in [0.1, 0.15) is 22.3 Å². The molecule has 2 rings (SSSR count). The van der Waals surface area contributed by atoms with E-state index in [0.29, 0.717) is 11.3 Å². The number of amides is 2. The second-order valence-electron chi connectivity index (χ2n) is 6.91. The van der Waals surface area contributed by atoms with E-state index in [4.69, 9.17) is 19.9 Å². The van der Waals surface area contributed by atoms with Crippen molar-refractivity contribution < 1.29 is 23.8 Å². The zero-order valence-corrected chi connectivity index (χ0v) is 18.2. The van der Waals surface area contributed by atoms with Crippen molar-refractivity contribution in [2.75, 3.05) is 26.1 Å². The van der Waals surface area contributed by atoms with Gasteiger partial charge < -0.3 is 25.3 Å². The van der Waals surface area contributed by atoms with Crippen LogP contribution in [0.15, 0.2) is 29.8 Å². The molecule has 0 aliphatic rings. The Hall–Kier alpha value is -3.99. The van der Waals surface area contributed by atoms with Crippen LogP contribution in [0, 0.1) is 32.1 Å². The number of carbonyl (C=O) groups excluding carboxylic acids is 2. The summed E-state index contributed by atoms with van der Waals surface area (Å²) < 4.78 is 16.0. The number of nitrogens with zero attached hydrogens (tertiary/aromatic N) is 1. The van der Waals surface area contributed by atoms with E-state index in [1.165, 1.54) is 20.3 Å². The summed E-state index contributed by atoms with van der Waals surface area (Å²) in [5.41, 5.74) is 9.06. The fourth-order valence-electron chi connectivity index (χ4n) is 3.14. The third-order valence-corrected chi connectivity index (χ3v) is 4.43. The van der Waals surface area contributed by atoms with Crippen LogP contribution in [0.3, 0.4) is 0 Å². The van der Waals surface area contributed by atoms with Crippen molar-refractivity contribution in [1.29, 1.82) is 5.26 Å². The quantitative estimate of drug-likeness (QED) is 0.497. The first-order chi connectivity index (χ1) is 14.7. The maximum absolute atomic E-state index is 12.8. The zero-order chi connectivity index (χ0) is 23.1. The second kappa shape index (κ2) is 10.2. The van der Waals surface area contributed by atoms with Crippen molar-refractivity contribution in [2.24, 2.45) is 5.73 Å². The SMILES string of the molecule is COc1cc(/C=C(\C#N)C(=O)Nc2c(C)cc(C)cc2C)cc(OC)c1OCC(N)=O. The monoisotopic (exact) mass is 423 g/mol. The molecule has 0 unspecified atom stereocenters. The Morgan fingerprint density at radius 2 is 1.61 bits per heavy atom. The summed E-state index contributed by atoms with van der Waals surface area (Å²) in [6.45, 7) is 5.41. The summed E-state index contributed by atoms with van der Waals surface area (Å²) in [7, 11) is 2.83. The largest absolute Gasteiger partial charge is 0.493 e. The summed E-state index contributed by atoms with van der Waals surface area (Å²) in [5, 5.41) is 12.4. The van der Waals surface area contributed by atoms with Crippen LogP contribution in [0.2, 0.25) is 0 Å². The van der Waals surface area contributed by atoms with Gasteiger partial charge in [-0.25, -0.2) is 0 Å². The van der Waals surface area contributed by atoms with Gasteiger partial charge in [0.15, 0.2) is 18.1 Å². The molecule has 3 N–H and O–H groups in total. The summed E-state index contributed by atoms with van der Waals surface area (Å²) in [5.74, 6) is -0.484. The standard InChI is InChI=1S/C23H25N3O5/c1-13-6-14(2)21(15(3)7-13)26-23(28)17(11-24)8-16-9-18(29-4)22(19(10-16)30-5)31-12-20(25)27/h6-10H,12H2,1-5H3,(H2,25,27)(H,26,28)/b17-8+. The number of primary amides is 1. The van der Waals surface area contributed by atoms with E-state index >= 15 is 0 Å². The second-order valence-corrected chi connectivity index (χ2v) is 6.91. The van der Waals surface area contributed by atoms with Gasteiger partial charge in [0.2, 0.25) is 5.75 Å². The highest BCUT2D eigenvalue weighted by Gasteiger charge is 2.17. The van der Waals surface area contributed by atoms with Crippen LogP contribution in [0.5, 0.6) is 17.2 Å². The lowest BCUT2D eigenvalue weighted by Crippen LogP contribution is -2.20. The number of hydrogen-bond donors (Lipinski definition) is 2. The maximum atomic E-state index is 12.8. The summed E-state index contributed by atoms with van der Waals surface area (Å²) in [6, 6.07) is 8.96. The summed E-state index contributed by atoms with van der Waals surface area (Å²) in [4.78, 5) is 23.8. The third kappa shape index (κ3) is 5.76. The molecule has 0 aromatic heterocycles. The minimum atomic E-state index is -0.654. The van der Waals surface area contributed by atoms with Gasteiger partial charge in [0, 0.05) is 5.69 Å². The normalized spacial score (nSPS) is 10.8. The first-order valence-corrected chi connectivity index (χ1v) is 9.38. The number of nitrogens with two attached hydrogens (primary N) is 1. The van der Waals surface area contributed by atoms with Gasteiger partial charge in [-0.2, -0.15) is 5.26 Å². The van der Waals surface area contributed by atoms with E-state index in [-0.39, 0.29) is 29.4 Å². The number of nitrogens with one attached hydrogen (secondary N) is 1. The molecular weight excluding hydrogens is 398 g/mol. The van der Waals surface area contributed by atoms with Crippen LogP contribution in [0.25, 0.3) is 6.08 Å². The molecule has 8 nitrogen and oxygen atoms in total. The minimum Gasteiger partial charge on any atom is -0.493 e. The lowest BCUT2D eigenvalue weighted by Gasteiger charge is -2.15. The Bertz CT molecular complexity index is 1040. The molecule has 0 aliphatic heterocycles. The van der Waals surface area contributed by atoms with Crippen LogP contribution in [-0.4, -0.2) is 32.6 Å². The van der Waals surface area contributed by atoms with Crippen molar-refractivity contribution >= 4 is 23.6 Å². The fourth-order valence-corrected chi connectivity index (χ4v) is 3.14. The van der Waals surface area contributed by atoms with Gasteiger partial charge in [0.05, 0.1) is 14.2 Å². The molecule has 0 bridgehead atoms. The molecule has 2 aromatic rings. The van der Waals surface area contributed by atoms with E-state index in [2.05, 4.69) is 5.32 Å². The highest BCUT2D eigenvalue weighted by atomic mass is 16.5. The average molecular weight is 423 g/mol.